The Bertz CT molecular complexity index is 1390. The molecule has 1 aliphatic rings. The lowest BCUT2D eigenvalue weighted by molar-refractivity contribution is -0.126. The van der Waals surface area contributed by atoms with E-state index in [-0.39, 0.29) is 12.5 Å². The number of rotatable bonds is 4. The van der Waals surface area contributed by atoms with Crippen LogP contribution >= 0.6 is 11.3 Å². The molecular formula is C23H23N5O3S. The Morgan fingerprint density at radius 1 is 1.38 bits per heavy atom. The van der Waals surface area contributed by atoms with Crippen molar-refractivity contribution in [2.45, 2.75) is 18.9 Å². The van der Waals surface area contributed by atoms with Gasteiger partial charge in [0.1, 0.15) is 23.2 Å². The average Bonchev–Trinajstić information content (AvgIpc) is 3.48. The number of β-amino-alcohol motifs (C(OH)–C–C–N with tert-alkyl or cyclic N) is 1. The molecule has 1 saturated heterocycles. The fourth-order valence-corrected chi connectivity index (χ4v) is 5.61. The molecule has 4 aromatic rings. The van der Waals surface area contributed by atoms with Crippen LogP contribution in [0.4, 0.5) is 5.82 Å². The summed E-state index contributed by atoms with van der Waals surface area (Å²) < 4.78 is 8.27. The van der Waals surface area contributed by atoms with Gasteiger partial charge in [-0.2, -0.15) is 5.10 Å². The largest absolute Gasteiger partial charge is 0.495 e. The van der Waals surface area contributed by atoms with Gasteiger partial charge in [-0.15, -0.1) is 11.3 Å². The number of methoxy groups -OCH3 is 1. The van der Waals surface area contributed by atoms with Gasteiger partial charge in [0.15, 0.2) is 5.82 Å². The Morgan fingerprint density at radius 2 is 2.19 bits per heavy atom. The SMILES string of the molecule is C=CC(=O)N1CC[C@](O)(c2cc(-c3cc4cc(C)cc(OC)c4s3)c3c(N)ncnn23)C1. The first-order valence-electron chi connectivity index (χ1n) is 10.2. The zero-order valence-electron chi connectivity index (χ0n) is 17.8. The lowest BCUT2D eigenvalue weighted by atomic mass is 9.98. The molecule has 164 valence electrons. The summed E-state index contributed by atoms with van der Waals surface area (Å²) in [7, 11) is 1.66. The number of anilines is 1. The van der Waals surface area contributed by atoms with Crippen molar-refractivity contribution in [1.82, 2.24) is 19.5 Å². The van der Waals surface area contributed by atoms with E-state index in [9.17, 15) is 9.90 Å². The zero-order chi connectivity index (χ0) is 22.6. The monoisotopic (exact) mass is 449 g/mol. The fourth-order valence-electron chi connectivity index (χ4n) is 4.46. The highest BCUT2D eigenvalue weighted by molar-refractivity contribution is 7.22. The summed E-state index contributed by atoms with van der Waals surface area (Å²) in [4.78, 5) is 18.8. The van der Waals surface area contributed by atoms with Crippen molar-refractivity contribution in [2.75, 3.05) is 25.9 Å². The molecule has 0 aliphatic carbocycles. The molecule has 3 aromatic heterocycles. The molecule has 0 spiro atoms. The number of fused-ring (bicyclic) bond motifs is 2. The van der Waals surface area contributed by atoms with E-state index in [0.29, 0.717) is 30.0 Å². The number of likely N-dealkylation sites (tertiary alicyclic amines) is 1. The topological polar surface area (TPSA) is 106 Å². The number of hydrogen-bond donors (Lipinski definition) is 2. The summed E-state index contributed by atoms with van der Waals surface area (Å²) in [5.74, 6) is 0.933. The predicted molar refractivity (Wildman–Crippen MR) is 125 cm³/mol. The molecular weight excluding hydrogens is 426 g/mol. The van der Waals surface area contributed by atoms with Gasteiger partial charge in [0.05, 0.1) is 24.0 Å². The number of aryl methyl sites for hydroxylation is 1. The first-order chi connectivity index (χ1) is 15.3. The summed E-state index contributed by atoms with van der Waals surface area (Å²) in [6.45, 7) is 6.17. The standard InChI is InChI=1S/C23H23N5O3S/c1-4-19(29)27-6-5-23(30,11-27)18-10-15(20-22(24)25-12-26-28(18)20)17-9-14-7-13(2)8-16(31-3)21(14)32-17/h4,7-10,12,30H,1,5-6,11H2,2-3H3,(H2,24,25,26)/t23-/m1/s1. The van der Waals surface area contributed by atoms with Crippen molar-refractivity contribution in [3.05, 3.63) is 54.5 Å². The smallest absolute Gasteiger partial charge is 0.246 e. The number of carbonyl (C=O) groups is 1. The van der Waals surface area contributed by atoms with Gasteiger partial charge < -0.3 is 20.5 Å². The number of aliphatic hydroxyl groups is 1. The molecule has 0 radical (unpaired) electrons. The third-order valence-electron chi connectivity index (χ3n) is 6.01. The molecule has 9 heteroatoms. The van der Waals surface area contributed by atoms with Crippen LogP contribution in [0.2, 0.25) is 0 Å². The van der Waals surface area contributed by atoms with Crippen LogP contribution in [0, 0.1) is 6.92 Å². The van der Waals surface area contributed by atoms with Gasteiger partial charge in [-0.3, -0.25) is 4.79 Å². The first-order valence-corrected chi connectivity index (χ1v) is 11.0. The van der Waals surface area contributed by atoms with Crippen molar-refractivity contribution in [1.29, 1.82) is 0 Å². The maximum absolute atomic E-state index is 12.1. The van der Waals surface area contributed by atoms with E-state index in [1.165, 1.54) is 12.4 Å². The van der Waals surface area contributed by atoms with Gasteiger partial charge in [-0.25, -0.2) is 9.50 Å². The second kappa shape index (κ2) is 7.32. The Hall–Kier alpha value is -3.43. The van der Waals surface area contributed by atoms with E-state index in [0.717, 1.165) is 31.8 Å². The summed E-state index contributed by atoms with van der Waals surface area (Å²) >= 11 is 1.59. The average molecular weight is 450 g/mol. The molecule has 1 atom stereocenters. The van der Waals surface area contributed by atoms with E-state index in [1.54, 1.807) is 27.9 Å². The number of hydrogen-bond acceptors (Lipinski definition) is 7. The fraction of sp³-hybridized carbons (Fsp3) is 0.261. The van der Waals surface area contributed by atoms with Crippen LogP contribution in [0.5, 0.6) is 5.75 Å². The highest BCUT2D eigenvalue weighted by Crippen LogP contribution is 2.44. The molecule has 5 rings (SSSR count). The van der Waals surface area contributed by atoms with E-state index >= 15 is 0 Å². The number of nitrogens with zero attached hydrogens (tertiary/aromatic N) is 4. The summed E-state index contributed by atoms with van der Waals surface area (Å²) in [5.41, 5.74) is 8.16. The Morgan fingerprint density at radius 3 is 2.94 bits per heavy atom. The third kappa shape index (κ3) is 3.04. The summed E-state index contributed by atoms with van der Waals surface area (Å²) in [6, 6.07) is 8.12. The van der Waals surface area contributed by atoms with Gasteiger partial charge in [0.25, 0.3) is 0 Å². The molecule has 1 fully saturated rings. The van der Waals surface area contributed by atoms with Gasteiger partial charge in [0, 0.05) is 23.4 Å². The normalized spacial score (nSPS) is 18.5. The lowest BCUT2D eigenvalue weighted by Crippen LogP contribution is -2.34. The van der Waals surface area contributed by atoms with Gasteiger partial charge >= 0.3 is 0 Å². The van der Waals surface area contributed by atoms with Gasteiger partial charge in [0.2, 0.25) is 5.91 Å². The second-order valence-electron chi connectivity index (χ2n) is 8.09. The van der Waals surface area contributed by atoms with Gasteiger partial charge in [-0.05, 0) is 42.1 Å². The highest BCUT2D eigenvalue weighted by Gasteiger charge is 2.42. The number of amides is 1. The van der Waals surface area contributed by atoms with Crippen LogP contribution in [0.15, 0.2) is 43.2 Å². The van der Waals surface area contributed by atoms with Crippen molar-refractivity contribution < 1.29 is 14.6 Å². The molecule has 8 nitrogen and oxygen atoms in total. The minimum absolute atomic E-state index is 0.159. The zero-order valence-corrected chi connectivity index (χ0v) is 18.6. The molecule has 0 saturated carbocycles. The predicted octanol–water partition coefficient (Wildman–Crippen LogP) is 3.12. The highest BCUT2D eigenvalue weighted by atomic mass is 32.1. The molecule has 1 aromatic carbocycles. The Labute approximate surface area is 188 Å². The molecule has 1 aliphatic heterocycles. The maximum Gasteiger partial charge on any atom is 0.246 e. The van der Waals surface area contributed by atoms with Crippen molar-refractivity contribution in [3.63, 3.8) is 0 Å². The number of thiophene rings is 1. The molecule has 4 heterocycles. The van der Waals surface area contributed by atoms with Crippen LogP contribution in [-0.4, -0.2) is 50.7 Å². The van der Waals surface area contributed by atoms with Crippen LogP contribution < -0.4 is 10.5 Å². The van der Waals surface area contributed by atoms with E-state index in [2.05, 4.69) is 28.8 Å². The van der Waals surface area contributed by atoms with Crippen LogP contribution in [-0.2, 0) is 10.4 Å². The quantitative estimate of drug-likeness (QED) is 0.464. The van der Waals surface area contributed by atoms with Crippen LogP contribution in [0.25, 0.3) is 26.0 Å². The first kappa shape index (κ1) is 20.5. The molecule has 0 unspecified atom stereocenters. The van der Waals surface area contributed by atoms with Crippen LogP contribution in [0.3, 0.4) is 0 Å². The van der Waals surface area contributed by atoms with E-state index < -0.39 is 5.60 Å². The maximum atomic E-state index is 12.1. The van der Waals surface area contributed by atoms with Gasteiger partial charge in [-0.1, -0.05) is 12.6 Å². The third-order valence-corrected chi connectivity index (χ3v) is 7.20. The number of aromatic nitrogens is 3. The Kier molecular flexibility index (Phi) is 4.68. The molecule has 3 N–H and O–H groups in total. The lowest BCUT2D eigenvalue weighted by Gasteiger charge is -2.22. The molecule has 0 bridgehead atoms. The molecule has 1 amide bonds. The Balaban J connectivity index is 1.70. The number of ether oxygens (including phenoxy) is 1. The minimum Gasteiger partial charge on any atom is -0.495 e. The summed E-state index contributed by atoms with van der Waals surface area (Å²) in [5, 5.41) is 17.0. The minimum atomic E-state index is -1.26. The van der Waals surface area contributed by atoms with Crippen molar-refractivity contribution in [2.24, 2.45) is 0 Å². The van der Waals surface area contributed by atoms with Crippen LogP contribution in [0.1, 0.15) is 17.7 Å². The molecule has 32 heavy (non-hydrogen) atoms. The number of nitrogen functional groups attached to an aromatic ring is 1. The summed E-state index contributed by atoms with van der Waals surface area (Å²) in [6.07, 6.45) is 3.03. The van der Waals surface area contributed by atoms with Crippen molar-refractivity contribution in [3.8, 4) is 16.2 Å². The van der Waals surface area contributed by atoms with Crippen molar-refractivity contribution >= 4 is 38.7 Å². The number of carbonyl (C=O) groups excluding carboxylic acids is 1. The second-order valence-corrected chi connectivity index (χ2v) is 9.14. The van der Waals surface area contributed by atoms with E-state index in [4.69, 9.17) is 10.5 Å². The van der Waals surface area contributed by atoms with E-state index in [1.807, 2.05) is 19.1 Å². The number of benzene rings is 1. The number of nitrogens with two attached hydrogens (primary N) is 1.